The molecule has 0 aromatic heterocycles. The highest BCUT2D eigenvalue weighted by molar-refractivity contribution is 7.91. The maximum atomic E-state index is 12.4. The first-order valence-corrected chi connectivity index (χ1v) is 11.2. The number of amides is 2. The summed E-state index contributed by atoms with van der Waals surface area (Å²) in [4.78, 5) is 24.3. The number of nitrogens with two attached hydrogens (primary N) is 1. The van der Waals surface area contributed by atoms with Crippen LogP contribution in [-0.4, -0.2) is 50.4 Å². The van der Waals surface area contributed by atoms with Crippen LogP contribution in [0.4, 0.5) is 0 Å². The maximum Gasteiger partial charge on any atom is 0.223 e. The highest BCUT2D eigenvalue weighted by Crippen LogP contribution is 2.41. The van der Waals surface area contributed by atoms with E-state index in [1.165, 1.54) is 6.42 Å². The molecule has 0 aromatic rings. The molecule has 26 heavy (non-hydrogen) atoms. The molecular weight excluding hydrogens is 378 g/mol. The van der Waals surface area contributed by atoms with Crippen LogP contribution in [0.15, 0.2) is 0 Å². The van der Waals surface area contributed by atoms with Crippen molar-refractivity contribution in [2.45, 2.75) is 57.0 Å². The topological polar surface area (TPSA) is 118 Å². The normalized spacial score (nSPS) is 35.2. The zero-order valence-electron chi connectivity index (χ0n) is 15.0. The molecule has 3 atom stereocenters. The fraction of sp³-hybridized carbons (Fsp3) is 0.882. The van der Waals surface area contributed by atoms with Crippen molar-refractivity contribution in [1.29, 1.82) is 0 Å². The molecule has 3 fully saturated rings. The molecule has 2 saturated carbocycles. The van der Waals surface area contributed by atoms with Crippen LogP contribution in [0.5, 0.6) is 0 Å². The van der Waals surface area contributed by atoms with Gasteiger partial charge in [0, 0.05) is 31.0 Å². The van der Waals surface area contributed by atoms with Gasteiger partial charge in [-0.25, -0.2) is 8.42 Å². The Kier molecular flexibility index (Phi) is 7.33. The van der Waals surface area contributed by atoms with Crippen molar-refractivity contribution in [3.63, 3.8) is 0 Å². The molecule has 1 aliphatic heterocycles. The van der Waals surface area contributed by atoms with Gasteiger partial charge in [-0.05, 0) is 43.9 Å². The molecule has 0 aromatic carbocycles. The van der Waals surface area contributed by atoms with E-state index < -0.39 is 9.84 Å². The average molecular weight is 408 g/mol. The summed E-state index contributed by atoms with van der Waals surface area (Å²) in [7, 11) is -3.00. The van der Waals surface area contributed by atoms with Gasteiger partial charge in [0.05, 0.1) is 11.5 Å². The second kappa shape index (κ2) is 8.89. The highest BCUT2D eigenvalue weighted by Gasteiger charge is 2.40. The van der Waals surface area contributed by atoms with Gasteiger partial charge in [0.1, 0.15) is 0 Å². The number of halogens is 1. The van der Waals surface area contributed by atoms with Crippen LogP contribution < -0.4 is 16.4 Å². The SMILES string of the molecule is Cl.NC1C2CCCC1CC(C(=O)NCCC(=O)NC1CCS(=O)(=O)C1)C2. The summed E-state index contributed by atoms with van der Waals surface area (Å²) in [6.45, 7) is 0.294. The lowest BCUT2D eigenvalue weighted by atomic mass is 9.65. The molecule has 2 amide bonds. The smallest absolute Gasteiger partial charge is 0.223 e. The van der Waals surface area contributed by atoms with Crippen molar-refractivity contribution in [2.24, 2.45) is 23.5 Å². The summed E-state index contributed by atoms with van der Waals surface area (Å²) >= 11 is 0. The molecule has 2 aliphatic carbocycles. The van der Waals surface area contributed by atoms with E-state index in [0.29, 0.717) is 24.8 Å². The van der Waals surface area contributed by atoms with Gasteiger partial charge < -0.3 is 16.4 Å². The quantitative estimate of drug-likeness (QED) is 0.608. The molecule has 4 N–H and O–H groups in total. The summed E-state index contributed by atoms with van der Waals surface area (Å²) in [6, 6.07) is -0.0429. The Bertz CT molecular complexity index is 613. The van der Waals surface area contributed by atoms with E-state index in [2.05, 4.69) is 10.6 Å². The largest absolute Gasteiger partial charge is 0.355 e. The molecule has 0 radical (unpaired) electrons. The van der Waals surface area contributed by atoms with Crippen LogP contribution in [0.3, 0.4) is 0 Å². The minimum absolute atomic E-state index is 0. The average Bonchev–Trinajstić information content (AvgIpc) is 2.85. The Balaban J connectivity index is 0.00000243. The van der Waals surface area contributed by atoms with Crippen molar-refractivity contribution in [1.82, 2.24) is 10.6 Å². The van der Waals surface area contributed by atoms with E-state index in [9.17, 15) is 18.0 Å². The van der Waals surface area contributed by atoms with Crippen LogP contribution in [0.1, 0.15) is 44.9 Å². The lowest BCUT2D eigenvalue weighted by Gasteiger charge is -2.43. The standard InChI is InChI=1S/C17H29N3O4S.ClH/c18-16-11-2-1-3-12(16)9-13(8-11)17(22)19-6-4-15(21)20-14-5-7-25(23,24)10-14;/h11-14,16H,1-10,18H2,(H,19,22)(H,20,21);1H. The van der Waals surface area contributed by atoms with E-state index >= 15 is 0 Å². The Hall–Kier alpha value is -0.860. The van der Waals surface area contributed by atoms with Crippen molar-refractivity contribution in [3.8, 4) is 0 Å². The number of rotatable bonds is 5. The van der Waals surface area contributed by atoms with Gasteiger partial charge in [0.2, 0.25) is 11.8 Å². The van der Waals surface area contributed by atoms with Crippen LogP contribution in [0.25, 0.3) is 0 Å². The summed E-state index contributed by atoms with van der Waals surface area (Å²) in [5, 5.41) is 5.61. The third-order valence-electron chi connectivity index (χ3n) is 6.03. The van der Waals surface area contributed by atoms with Crippen LogP contribution in [-0.2, 0) is 19.4 Å². The van der Waals surface area contributed by atoms with E-state index in [1.807, 2.05) is 0 Å². The third kappa shape index (κ3) is 5.33. The van der Waals surface area contributed by atoms with E-state index in [1.54, 1.807) is 0 Å². The maximum absolute atomic E-state index is 12.4. The second-order valence-electron chi connectivity index (χ2n) is 7.91. The monoisotopic (exact) mass is 407 g/mol. The molecular formula is C17H30ClN3O4S. The molecule has 7 nitrogen and oxygen atoms in total. The fourth-order valence-corrected chi connectivity index (χ4v) is 6.33. The van der Waals surface area contributed by atoms with Crippen molar-refractivity contribution >= 4 is 34.1 Å². The van der Waals surface area contributed by atoms with Gasteiger partial charge in [0.15, 0.2) is 9.84 Å². The molecule has 3 rings (SSSR count). The van der Waals surface area contributed by atoms with Gasteiger partial charge in [0.25, 0.3) is 0 Å². The number of fused-ring (bicyclic) bond motifs is 2. The van der Waals surface area contributed by atoms with Crippen LogP contribution >= 0.6 is 12.4 Å². The summed E-state index contributed by atoms with van der Waals surface area (Å²) < 4.78 is 22.8. The molecule has 150 valence electrons. The van der Waals surface area contributed by atoms with E-state index in [0.717, 1.165) is 25.7 Å². The number of nitrogens with one attached hydrogen (secondary N) is 2. The van der Waals surface area contributed by atoms with Gasteiger partial charge in [-0.15, -0.1) is 12.4 Å². The first-order chi connectivity index (χ1) is 11.8. The van der Waals surface area contributed by atoms with Gasteiger partial charge in [-0.1, -0.05) is 6.42 Å². The Morgan fingerprint density at radius 2 is 1.73 bits per heavy atom. The predicted octanol–water partition coefficient (Wildman–Crippen LogP) is 0.371. The Labute approximate surface area is 161 Å². The summed E-state index contributed by atoms with van der Waals surface area (Å²) in [6.07, 6.45) is 5.83. The molecule has 9 heteroatoms. The van der Waals surface area contributed by atoms with Crippen molar-refractivity contribution in [2.75, 3.05) is 18.1 Å². The zero-order chi connectivity index (χ0) is 18.0. The zero-order valence-corrected chi connectivity index (χ0v) is 16.6. The van der Waals surface area contributed by atoms with Crippen molar-refractivity contribution < 1.29 is 18.0 Å². The van der Waals surface area contributed by atoms with E-state index in [4.69, 9.17) is 5.73 Å². The molecule has 1 heterocycles. The van der Waals surface area contributed by atoms with Gasteiger partial charge >= 0.3 is 0 Å². The minimum atomic E-state index is -3.00. The van der Waals surface area contributed by atoms with Gasteiger partial charge in [-0.2, -0.15) is 0 Å². The second-order valence-corrected chi connectivity index (χ2v) is 10.1. The molecule has 3 aliphatic rings. The first-order valence-electron chi connectivity index (χ1n) is 9.37. The van der Waals surface area contributed by atoms with Crippen molar-refractivity contribution in [3.05, 3.63) is 0 Å². The number of hydrogen-bond donors (Lipinski definition) is 3. The Morgan fingerprint density at radius 3 is 2.31 bits per heavy atom. The molecule has 2 bridgehead atoms. The third-order valence-corrected chi connectivity index (χ3v) is 7.80. The number of carbonyl (C=O) groups is 2. The summed E-state index contributed by atoms with van der Waals surface area (Å²) in [5.74, 6) is 0.909. The molecule has 0 spiro atoms. The predicted molar refractivity (Wildman–Crippen MR) is 102 cm³/mol. The number of carbonyl (C=O) groups excluding carboxylic acids is 2. The minimum Gasteiger partial charge on any atom is -0.355 e. The van der Waals surface area contributed by atoms with Gasteiger partial charge in [-0.3, -0.25) is 9.59 Å². The van der Waals surface area contributed by atoms with E-state index in [-0.39, 0.29) is 60.1 Å². The lowest BCUT2D eigenvalue weighted by molar-refractivity contribution is -0.128. The van der Waals surface area contributed by atoms with Crippen LogP contribution in [0, 0.1) is 17.8 Å². The highest BCUT2D eigenvalue weighted by atomic mass is 35.5. The number of sulfone groups is 1. The van der Waals surface area contributed by atoms with Crippen LogP contribution in [0.2, 0.25) is 0 Å². The molecule has 1 saturated heterocycles. The summed E-state index contributed by atoms with van der Waals surface area (Å²) in [5.41, 5.74) is 6.26. The fourth-order valence-electron chi connectivity index (χ4n) is 4.66. The Morgan fingerprint density at radius 1 is 1.08 bits per heavy atom. The first kappa shape index (κ1) is 21.4. The lowest BCUT2D eigenvalue weighted by Crippen LogP contribution is -2.49. The number of hydrogen-bond acceptors (Lipinski definition) is 5. The molecule has 3 unspecified atom stereocenters.